The molecule has 0 aromatic heterocycles. The van der Waals surface area contributed by atoms with E-state index in [0.29, 0.717) is 106 Å². The second-order valence-electron chi connectivity index (χ2n) is 12.1. The van der Waals surface area contributed by atoms with Crippen LogP contribution in [0.5, 0.6) is 0 Å². The van der Waals surface area contributed by atoms with Crippen LogP contribution < -0.4 is 10.4 Å². The molecule has 0 N–H and O–H groups in total. The highest BCUT2D eigenvalue weighted by atomic mass is 28.4. The van der Waals surface area contributed by atoms with Crippen LogP contribution >= 0.6 is 0 Å². The van der Waals surface area contributed by atoms with Crippen molar-refractivity contribution in [3.05, 3.63) is 60.7 Å². The molecule has 0 amide bonds. The fourth-order valence-electron chi connectivity index (χ4n) is 5.11. The van der Waals surface area contributed by atoms with Gasteiger partial charge in [0.2, 0.25) is 0 Å². The quantitative estimate of drug-likeness (QED) is 0.0819. The molecule has 9 nitrogen and oxygen atoms in total. The Hall–Kier alpha value is -1.70. The van der Waals surface area contributed by atoms with Gasteiger partial charge in [0.25, 0.3) is 8.32 Å². The Balaban J connectivity index is 1.38. The van der Waals surface area contributed by atoms with Crippen molar-refractivity contribution in [3.8, 4) is 0 Å². The monoisotopic (exact) mass is 678 g/mol. The molecular formula is C37H62O9Si. The van der Waals surface area contributed by atoms with Crippen LogP contribution in [0.2, 0.25) is 5.04 Å². The topological polar surface area (TPSA) is 83.1 Å². The predicted molar refractivity (Wildman–Crippen MR) is 190 cm³/mol. The van der Waals surface area contributed by atoms with E-state index < -0.39 is 8.32 Å². The Kier molecular flexibility index (Phi) is 24.0. The Morgan fingerprint density at radius 1 is 0.404 bits per heavy atom. The molecular weight excluding hydrogens is 616 g/mol. The largest absolute Gasteiger partial charge is 0.405 e. The summed E-state index contributed by atoms with van der Waals surface area (Å²) in [5, 5.41) is 2.50. The molecule has 0 atom stereocenters. The molecule has 0 saturated heterocycles. The fraction of sp³-hybridized carbons (Fsp3) is 0.676. The molecule has 268 valence electrons. The number of hydrogen-bond acceptors (Lipinski definition) is 9. The van der Waals surface area contributed by atoms with Gasteiger partial charge in [-0.3, -0.25) is 0 Å². The molecule has 10 heteroatoms. The standard InChI is InChI=1S/C37H62O9Si/c1-5-6-13-18-38-19-20-39-21-22-40-23-24-41-25-26-42-27-28-43-29-30-44-31-32-45-33-34-46-47(37(2,3)4,35-14-9-7-10-15-35)36-16-11-8-12-17-36/h7-12,14-17H,5-6,13,18-34H2,1-4H3. The van der Waals surface area contributed by atoms with Crippen LogP contribution in [-0.4, -0.2) is 121 Å². The van der Waals surface area contributed by atoms with Crippen molar-refractivity contribution in [3.63, 3.8) is 0 Å². The molecule has 0 bridgehead atoms. The zero-order valence-corrected chi connectivity index (χ0v) is 30.6. The minimum Gasteiger partial charge on any atom is -0.405 e. The van der Waals surface area contributed by atoms with E-state index in [1.807, 2.05) is 0 Å². The fourth-order valence-corrected chi connectivity index (χ4v) is 9.66. The van der Waals surface area contributed by atoms with Gasteiger partial charge in [-0.15, -0.1) is 0 Å². The van der Waals surface area contributed by atoms with Crippen LogP contribution in [0.1, 0.15) is 47.0 Å². The van der Waals surface area contributed by atoms with Crippen LogP contribution in [-0.2, 0) is 42.3 Å². The van der Waals surface area contributed by atoms with Crippen LogP contribution in [0.4, 0.5) is 0 Å². The molecule has 0 fully saturated rings. The van der Waals surface area contributed by atoms with Crippen LogP contribution in [0.25, 0.3) is 0 Å². The smallest absolute Gasteiger partial charge is 0.261 e. The second-order valence-corrected chi connectivity index (χ2v) is 16.4. The second kappa shape index (κ2) is 27.2. The predicted octanol–water partition coefficient (Wildman–Crippen LogP) is 4.89. The van der Waals surface area contributed by atoms with E-state index >= 15 is 0 Å². The molecule has 0 heterocycles. The third-order valence-corrected chi connectivity index (χ3v) is 12.5. The molecule has 47 heavy (non-hydrogen) atoms. The summed E-state index contributed by atoms with van der Waals surface area (Å²) in [5.41, 5.74) is 0. The maximum atomic E-state index is 6.84. The van der Waals surface area contributed by atoms with Crippen LogP contribution in [0.3, 0.4) is 0 Å². The average Bonchev–Trinajstić information content (AvgIpc) is 3.08. The van der Waals surface area contributed by atoms with Gasteiger partial charge >= 0.3 is 0 Å². The average molecular weight is 679 g/mol. The Morgan fingerprint density at radius 3 is 1.00 bits per heavy atom. The minimum atomic E-state index is -2.53. The van der Waals surface area contributed by atoms with Crippen LogP contribution in [0, 0.1) is 0 Å². The summed E-state index contributed by atoms with van der Waals surface area (Å²) in [5.74, 6) is 0. The van der Waals surface area contributed by atoms with Gasteiger partial charge in [0.05, 0.1) is 106 Å². The van der Waals surface area contributed by atoms with Crippen molar-refractivity contribution in [1.29, 1.82) is 0 Å². The van der Waals surface area contributed by atoms with Crippen molar-refractivity contribution in [2.75, 3.05) is 112 Å². The first-order valence-corrected chi connectivity index (χ1v) is 19.3. The summed E-state index contributed by atoms with van der Waals surface area (Å²) in [6.07, 6.45) is 3.55. The third kappa shape index (κ3) is 18.0. The lowest BCUT2D eigenvalue weighted by Crippen LogP contribution is -2.66. The van der Waals surface area contributed by atoms with E-state index in [1.54, 1.807) is 0 Å². The van der Waals surface area contributed by atoms with Crippen molar-refractivity contribution in [2.24, 2.45) is 0 Å². The number of benzene rings is 2. The highest BCUT2D eigenvalue weighted by Gasteiger charge is 2.49. The maximum absolute atomic E-state index is 6.84. The molecule has 0 aliphatic carbocycles. The van der Waals surface area contributed by atoms with Crippen LogP contribution in [0.15, 0.2) is 60.7 Å². The van der Waals surface area contributed by atoms with E-state index in [4.69, 9.17) is 42.3 Å². The molecule has 0 aliphatic rings. The Labute approximate surface area is 285 Å². The van der Waals surface area contributed by atoms with Gasteiger partial charge in [-0.2, -0.15) is 0 Å². The normalized spacial score (nSPS) is 12.2. The van der Waals surface area contributed by atoms with Gasteiger partial charge in [-0.25, -0.2) is 0 Å². The number of hydrogen-bond donors (Lipinski definition) is 0. The van der Waals surface area contributed by atoms with Gasteiger partial charge < -0.3 is 42.3 Å². The van der Waals surface area contributed by atoms with Crippen molar-refractivity contribution < 1.29 is 42.3 Å². The summed E-state index contributed by atoms with van der Waals surface area (Å²) in [6, 6.07) is 21.3. The third-order valence-electron chi connectivity index (χ3n) is 7.46. The molecule has 0 radical (unpaired) electrons. The molecule has 0 unspecified atom stereocenters. The lowest BCUT2D eigenvalue weighted by molar-refractivity contribution is -0.0237. The van der Waals surface area contributed by atoms with E-state index in [9.17, 15) is 0 Å². The van der Waals surface area contributed by atoms with Gasteiger partial charge in [0.15, 0.2) is 0 Å². The zero-order chi connectivity index (χ0) is 33.7. The zero-order valence-electron chi connectivity index (χ0n) is 29.6. The lowest BCUT2D eigenvalue weighted by atomic mass is 10.2. The van der Waals surface area contributed by atoms with Gasteiger partial charge in [0.1, 0.15) is 0 Å². The summed E-state index contributed by atoms with van der Waals surface area (Å²) in [6.45, 7) is 18.5. The number of rotatable bonds is 31. The first kappa shape index (κ1) is 41.5. The van der Waals surface area contributed by atoms with Crippen molar-refractivity contribution in [2.45, 2.75) is 52.0 Å². The van der Waals surface area contributed by atoms with E-state index in [-0.39, 0.29) is 5.04 Å². The first-order chi connectivity index (χ1) is 23.0. The molecule has 0 aliphatic heterocycles. The lowest BCUT2D eigenvalue weighted by Gasteiger charge is -2.43. The van der Waals surface area contributed by atoms with Crippen molar-refractivity contribution in [1.82, 2.24) is 0 Å². The first-order valence-electron chi connectivity index (χ1n) is 17.4. The van der Waals surface area contributed by atoms with Gasteiger partial charge in [-0.05, 0) is 21.8 Å². The summed E-state index contributed by atoms with van der Waals surface area (Å²) in [4.78, 5) is 0. The Bertz CT molecular complexity index is 920. The van der Waals surface area contributed by atoms with Gasteiger partial charge in [-0.1, -0.05) is 101 Å². The minimum absolute atomic E-state index is 0.0491. The highest BCUT2D eigenvalue weighted by Crippen LogP contribution is 2.36. The summed E-state index contributed by atoms with van der Waals surface area (Å²) in [7, 11) is -2.53. The van der Waals surface area contributed by atoms with E-state index in [2.05, 4.69) is 88.4 Å². The molecule has 0 spiro atoms. The molecule has 2 rings (SSSR count). The maximum Gasteiger partial charge on any atom is 0.261 e. The van der Waals surface area contributed by atoms with E-state index in [0.717, 1.165) is 13.0 Å². The van der Waals surface area contributed by atoms with E-state index in [1.165, 1.54) is 23.2 Å². The van der Waals surface area contributed by atoms with Crippen molar-refractivity contribution >= 4 is 18.7 Å². The van der Waals surface area contributed by atoms with Gasteiger partial charge in [0, 0.05) is 6.61 Å². The SMILES string of the molecule is CCCCCOCCOCCOCCOCCOCCOCCOCCOCCO[Si](c1ccccc1)(c1ccccc1)C(C)(C)C. The summed E-state index contributed by atoms with van der Waals surface area (Å²) >= 11 is 0. The number of unbranched alkanes of at least 4 members (excludes halogenated alkanes) is 2. The molecule has 0 saturated carbocycles. The molecule has 2 aromatic carbocycles. The highest BCUT2D eigenvalue weighted by molar-refractivity contribution is 6.99. The summed E-state index contributed by atoms with van der Waals surface area (Å²) < 4.78 is 51.4. The Morgan fingerprint density at radius 2 is 0.702 bits per heavy atom. The molecule has 2 aromatic rings. The number of ether oxygens (including phenoxy) is 8.